The molecule has 0 unspecified atom stereocenters. The summed E-state index contributed by atoms with van der Waals surface area (Å²) in [6, 6.07) is 17.6. The van der Waals surface area contributed by atoms with Crippen molar-refractivity contribution in [2.45, 2.75) is 59.2 Å². The minimum absolute atomic E-state index is 0.109. The number of aromatic nitrogens is 3. The van der Waals surface area contributed by atoms with Gasteiger partial charge in [-0.05, 0) is 75.6 Å². The fourth-order valence-corrected chi connectivity index (χ4v) is 4.66. The van der Waals surface area contributed by atoms with Crippen molar-refractivity contribution in [1.82, 2.24) is 20.3 Å². The molecule has 0 spiro atoms. The smallest absolute Gasteiger partial charge is 0.249 e. The molecule has 0 radical (unpaired) electrons. The van der Waals surface area contributed by atoms with E-state index in [1.54, 1.807) is 42.0 Å². The summed E-state index contributed by atoms with van der Waals surface area (Å²) in [5.41, 5.74) is 4.05. The predicted octanol–water partition coefficient (Wildman–Crippen LogP) is 5.14. The van der Waals surface area contributed by atoms with Crippen molar-refractivity contribution in [3.8, 4) is 11.5 Å². The zero-order valence-electron chi connectivity index (χ0n) is 24.2. The van der Waals surface area contributed by atoms with Crippen molar-refractivity contribution in [1.29, 1.82) is 0 Å². The first-order valence-corrected chi connectivity index (χ1v) is 13.3. The van der Waals surface area contributed by atoms with Crippen LogP contribution in [0.15, 0.2) is 60.7 Å². The van der Waals surface area contributed by atoms with Crippen molar-refractivity contribution >= 4 is 28.5 Å². The maximum atomic E-state index is 14.3. The normalized spacial score (nSPS) is 12.2. The van der Waals surface area contributed by atoms with Crippen LogP contribution in [0.1, 0.15) is 49.9 Å². The Hall–Kier alpha value is -4.40. The molecule has 9 nitrogen and oxygen atoms in total. The van der Waals surface area contributed by atoms with Gasteiger partial charge in [-0.15, -0.1) is 5.10 Å². The summed E-state index contributed by atoms with van der Waals surface area (Å²) < 4.78 is 12.6. The largest absolute Gasteiger partial charge is 0.493 e. The van der Waals surface area contributed by atoms with Crippen LogP contribution in [0.4, 0.5) is 5.69 Å². The van der Waals surface area contributed by atoms with Crippen LogP contribution in [0, 0.1) is 13.8 Å². The highest BCUT2D eigenvalue weighted by Crippen LogP contribution is 2.36. The van der Waals surface area contributed by atoms with Crippen molar-refractivity contribution in [3.05, 3.63) is 77.4 Å². The van der Waals surface area contributed by atoms with Gasteiger partial charge in [0, 0.05) is 11.2 Å². The van der Waals surface area contributed by atoms with E-state index in [1.807, 2.05) is 77.1 Å². The lowest BCUT2D eigenvalue weighted by molar-refractivity contribution is -0.128. The molecule has 0 saturated carbocycles. The molecule has 0 bridgehead atoms. The first kappa shape index (κ1) is 28.6. The molecule has 3 aromatic carbocycles. The molecular formula is C31H37N5O4. The van der Waals surface area contributed by atoms with Gasteiger partial charge in [-0.1, -0.05) is 48.0 Å². The second-order valence-electron chi connectivity index (χ2n) is 10.5. The van der Waals surface area contributed by atoms with Crippen LogP contribution in [0.3, 0.4) is 0 Å². The topological polar surface area (TPSA) is 98.6 Å². The Labute approximate surface area is 235 Å². The van der Waals surface area contributed by atoms with E-state index in [0.29, 0.717) is 34.7 Å². The Bertz CT molecular complexity index is 1530. The monoisotopic (exact) mass is 543 g/mol. The molecule has 4 rings (SSSR count). The lowest BCUT2D eigenvalue weighted by Gasteiger charge is -2.35. The molecule has 9 heteroatoms. The zero-order chi connectivity index (χ0) is 29.0. The summed E-state index contributed by atoms with van der Waals surface area (Å²) >= 11 is 0. The number of rotatable bonds is 10. The SMILES string of the molecule is CCC(C)(C)NC(=O)[C@H](c1ccc(OC)c(OC)c1)N(C(=O)Cn1nnc2ccccc21)c1ccc(C)cc1C. The van der Waals surface area contributed by atoms with Gasteiger partial charge in [0.25, 0.3) is 0 Å². The number of aryl methyl sites for hydroxylation is 2. The number of carbonyl (C=O) groups excluding carboxylic acids is 2. The Morgan fingerprint density at radius 1 is 1.00 bits per heavy atom. The summed E-state index contributed by atoms with van der Waals surface area (Å²) in [5.74, 6) is 0.364. The average Bonchev–Trinajstić information content (AvgIpc) is 3.34. The first-order valence-electron chi connectivity index (χ1n) is 13.3. The molecule has 0 fully saturated rings. The van der Waals surface area contributed by atoms with Gasteiger partial charge < -0.3 is 14.8 Å². The van der Waals surface area contributed by atoms with Crippen LogP contribution in [-0.4, -0.2) is 46.6 Å². The van der Waals surface area contributed by atoms with Gasteiger partial charge in [0.05, 0.1) is 19.7 Å². The maximum absolute atomic E-state index is 14.3. The summed E-state index contributed by atoms with van der Waals surface area (Å²) in [7, 11) is 3.10. The number of hydrogen-bond acceptors (Lipinski definition) is 6. The van der Waals surface area contributed by atoms with E-state index in [4.69, 9.17) is 9.47 Å². The number of benzene rings is 3. The highest BCUT2D eigenvalue weighted by atomic mass is 16.5. The second-order valence-corrected chi connectivity index (χ2v) is 10.5. The van der Waals surface area contributed by atoms with Gasteiger partial charge in [0.15, 0.2) is 11.5 Å². The molecule has 210 valence electrons. The number of hydrogen-bond donors (Lipinski definition) is 1. The van der Waals surface area contributed by atoms with Crippen LogP contribution in [-0.2, 0) is 16.1 Å². The highest BCUT2D eigenvalue weighted by Gasteiger charge is 2.36. The maximum Gasteiger partial charge on any atom is 0.249 e. The lowest BCUT2D eigenvalue weighted by Crippen LogP contribution is -2.51. The molecule has 2 amide bonds. The molecule has 1 atom stereocenters. The summed E-state index contributed by atoms with van der Waals surface area (Å²) in [6.45, 7) is 9.75. The van der Waals surface area contributed by atoms with Crippen LogP contribution < -0.4 is 19.7 Å². The molecule has 4 aromatic rings. The summed E-state index contributed by atoms with van der Waals surface area (Å²) in [6.07, 6.45) is 0.708. The number of amides is 2. The highest BCUT2D eigenvalue weighted by molar-refractivity contribution is 6.02. The number of para-hydroxylation sites is 1. The van der Waals surface area contributed by atoms with Gasteiger partial charge >= 0.3 is 0 Å². The molecule has 40 heavy (non-hydrogen) atoms. The molecule has 1 N–H and O–H groups in total. The van der Waals surface area contributed by atoms with E-state index in [0.717, 1.165) is 16.6 Å². The van der Waals surface area contributed by atoms with Gasteiger partial charge in [0.2, 0.25) is 11.8 Å². The lowest BCUT2D eigenvalue weighted by atomic mass is 9.97. The summed E-state index contributed by atoms with van der Waals surface area (Å²) in [5, 5.41) is 11.6. The molecule has 0 aliphatic carbocycles. The van der Waals surface area contributed by atoms with Gasteiger partial charge in [0.1, 0.15) is 18.1 Å². The number of fused-ring (bicyclic) bond motifs is 1. The van der Waals surface area contributed by atoms with Crippen LogP contribution in [0.25, 0.3) is 11.0 Å². The third-order valence-corrected chi connectivity index (χ3v) is 7.16. The molecule has 0 aliphatic heterocycles. The van der Waals surface area contributed by atoms with Crippen LogP contribution >= 0.6 is 0 Å². The van der Waals surface area contributed by atoms with E-state index >= 15 is 0 Å². The fourth-order valence-electron chi connectivity index (χ4n) is 4.66. The predicted molar refractivity (Wildman–Crippen MR) is 156 cm³/mol. The van der Waals surface area contributed by atoms with Crippen LogP contribution in [0.2, 0.25) is 0 Å². The quantitative estimate of drug-likeness (QED) is 0.297. The third kappa shape index (κ3) is 5.93. The minimum Gasteiger partial charge on any atom is -0.493 e. The van der Waals surface area contributed by atoms with Gasteiger partial charge in [-0.2, -0.15) is 0 Å². The number of nitrogens with zero attached hydrogens (tertiary/aromatic N) is 4. The Morgan fingerprint density at radius 2 is 1.73 bits per heavy atom. The zero-order valence-corrected chi connectivity index (χ0v) is 24.2. The first-order chi connectivity index (χ1) is 19.1. The molecule has 1 aromatic heterocycles. The Morgan fingerprint density at radius 3 is 2.40 bits per heavy atom. The van der Waals surface area contributed by atoms with E-state index in [-0.39, 0.29) is 18.4 Å². The Kier molecular flexibility index (Phi) is 8.42. The molecular weight excluding hydrogens is 506 g/mol. The molecule has 0 aliphatic rings. The summed E-state index contributed by atoms with van der Waals surface area (Å²) in [4.78, 5) is 30.1. The van der Waals surface area contributed by atoms with Crippen molar-refractivity contribution < 1.29 is 19.1 Å². The average molecular weight is 544 g/mol. The van der Waals surface area contributed by atoms with Gasteiger partial charge in [-0.3, -0.25) is 14.5 Å². The minimum atomic E-state index is -1.01. The van der Waals surface area contributed by atoms with Gasteiger partial charge in [-0.25, -0.2) is 4.68 Å². The van der Waals surface area contributed by atoms with E-state index in [2.05, 4.69) is 15.6 Å². The standard InChI is InChI=1S/C31H37N5O4/c1-8-31(4,5)32-30(38)29(22-14-16-26(39-6)27(18-22)40-7)36(24-15-13-20(2)17-21(24)3)28(37)19-35-25-12-10-9-11-23(25)33-34-35/h9-18,29H,8,19H2,1-7H3,(H,32,38)/t29-/m0/s1. The number of anilines is 1. The number of nitrogens with one attached hydrogen (secondary N) is 1. The number of carbonyl (C=O) groups is 2. The fraction of sp³-hybridized carbons (Fsp3) is 0.355. The van der Waals surface area contributed by atoms with E-state index < -0.39 is 11.6 Å². The second kappa shape index (κ2) is 11.8. The molecule has 1 heterocycles. The Balaban J connectivity index is 1.90. The van der Waals surface area contributed by atoms with Crippen molar-refractivity contribution in [2.24, 2.45) is 0 Å². The third-order valence-electron chi connectivity index (χ3n) is 7.16. The van der Waals surface area contributed by atoms with Crippen molar-refractivity contribution in [3.63, 3.8) is 0 Å². The van der Waals surface area contributed by atoms with E-state index in [9.17, 15) is 9.59 Å². The van der Waals surface area contributed by atoms with Crippen molar-refractivity contribution in [2.75, 3.05) is 19.1 Å². The van der Waals surface area contributed by atoms with E-state index in [1.165, 1.54) is 0 Å². The number of methoxy groups -OCH3 is 2. The molecule has 0 saturated heterocycles. The van der Waals surface area contributed by atoms with Crippen LogP contribution in [0.5, 0.6) is 11.5 Å². The number of ether oxygens (including phenoxy) is 2.